The first-order valence-electron chi connectivity index (χ1n) is 5.15. The van der Waals surface area contributed by atoms with Crippen molar-refractivity contribution in [3.63, 3.8) is 0 Å². The molecule has 1 rings (SSSR count). The summed E-state index contributed by atoms with van der Waals surface area (Å²) in [7, 11) is 0. The van der Waals surface area contributed by atoms with Gasteiger partial charge in [0.15, 0.2) is 0 Å². The van der Waals surface area contributed by atoms with E-state index in [1.807, 2.05) is 0 Å². The molecular formula is C12H14N2O2S. The van der Waals surface area contributed by atoms with Crippen LogP contribution < -0.4 is 5.32 Å². The highest BCUT2D eigenvalue weighted by Crippen LogP contribution is 2.21. The lowest BCUT2D eigenvalue weighted by Gasteiger charge is -2.06. The average Bonchev–Trinajstić information content (AvgIpc) is 2.28. The van der Waals surface area contributed by atoms with Crippen molar-refractivity contribution in [2.24, 2.45) is 0 Å². The third-order valence-corrected chi connectivity index (χ3v) is 3.02. The molecule has 0 saturated carbocycles. The number of hydrogen-bond acceptors (Lipinski definition) is 4. The van der Waals surface area contributed by atoms with Crippen molar-refractivity contribution in [3.8, 4) is 12.3 Å². The maximum absolute atomic E-state index is 10.6. The van der Waals surface area contributed by atoms with Crippen LogP contribution in [0.1, 0.15) is 5.56 Å². The first-order chi connectivity index (χ1) is 8.15. The van der Waals surface area contributed by atoms with Crippen LogP contribution in [0.3, 0.4) is 0 Å². The molecule has 0 saturated heterocycles. The molecule has 0 radical (unpaired) electrons. The highest BCUT2D eigenvalue weighted by Gasteiger charge is 2.09. The molecular weight excluding hydrogens is 236 g/mol. The van der Waals surface area contributed by atoms with Crippen LogP contribution in [-0.4, -0.2) is 23.0 Å². The minimum absolute atomic E-state index is 0.150. The van der Waals surface area contributed by atoms with Crippen molar-refractivity contribution in [2.75, 3.05) is 23.4 Å². The quantitative estimate of drug-likeness (QED) is 0.365. The van der Waals surface area contributed by atoms with Crippen molar-refractivity contribution in [1.82, 2.24) is 0 Å². The number of rotatable bonds is 6. The van der Waals surface area contributed by atoms with Gasteiger partial charge in [-0.15, -0.1) is 18.2 Å². The van der Waals surface area contributed by atoms with Gasteiger partial charge in [0, 0.05) is 29.6 Å². The van der Waals surface area contributed by atoms with Gasteiger partial charge in [0.05, 0.1) is 10.7 Å². The van der Waals surface area contributed by atoms with Crippen molar-refractivity contribution >= 4 is 23.1 Å². The summed E-state index contributed by atoms with van der Waals surface area (Å²) in [5.74, 6) is 4.18. The Bertz CT molecular complexity index is 441. The number of terminal acetylenes is 1. The van der Waals surface area contributed by atoms with Crippen LogP contribution in [0.4, 0.5) is 11.4 Å². The van der Waals surface area contributed by atoms with Gasteiger partial charge >= 0.3 is 0 Å². The van der Waals surface area contributed by atoms with Gasteiger partial charge in [-0.25, -0.2) is 0 Å². The van der Waals surface area contributed by atoms with E-state index in [9.17, 15) is 10.1 Å². The normalized spacial score (nSPS) is 9.65. The summed E-state index contributed by atoms with van der Waals surface area (Å²) in [5, 5.41) is 13.8. The van der Waals surface area contributed by atoms with Crippen molar-refractivity contribution < 1.29 is 4.92 Å². The Morgan fingerprint density at radius 2 is 2.35 bits per heavy atom. The summed E-state index contributed by atoms with van der Waals surface area (Å²) < 4.78 is 0. The number of aryl methyl sites for hydroxylation is 1. The Kier molecular flexibility index (Phi) is 5.37. The molecule has 5 heteroatoms. The molecule has 0 bridgehead atoms. The van der Waals surface area contributed by atoms with E-state index in [-0.39, 0.29) is 10.6 Å². The molecule has 0 atom stereocenters. The van der Waals surface area contributed by atoms with Gasteiger partial charge in [-0.3, -0.25) is 10.1 Å². The van der Waals surface area contributed by atoms with Crippen LogP contribution in [0, 0.1) is 29.4 Å². The van der Waals surface area contributed by atoms with E-state index in [0.29, 0.717) is 11.3 Å². The Labute approximate surface area is 105 Å². The van der Waals surface area contributed by atoms with Crippen LogP contribution in [0.2, 0.25) is 0 Å². The summed E-state index contributed by atoms with van der Waals surface area (Å²) in [6.45, 7) is 2.53. The van der Waals surface area contributed by atoms with Gasteiger partial charge < -0.3 is 5.32 Å². The fraction of sp³-hybridized carbons (Fsp3) is 0.333. The number of benzene rings is 1. The van der Waals surface area contributed by atoms with Gasteiger partial charge in [-0.1, -0.05) is 5.92 Å². The third kappa shape index (κ3) is 4.37. The highest BCUT2D eigenvalue weighted by molar-refractivity contribution is 7.99. The van der Waals surface area contributed by atoms with E-state index in [0.717, 1.165) is 18.0 Å². The SMILES string of the molecule is C#CCSCCNc1ccc([N+](=O)[O-])c(C)c1. The van der Waals surface area contributed by atoms with E-state index in [1.165, 1.54) is 6.07 Å². The van der Waals surface area contributed by atoms with Gasteiger partial charge in [-0.2, -0.15) is 0 Å². The van der Waals surface area contributed by atoms with Crippen molar-refractivity contribution in [1.29, 1.82) is 0 Å². The summed E-state index contributed by atoms with van der Waals surface area (Å²) in [6.07, 6.45) is 5.13. The van der Waals surface area contributed by atoms with Gasteiger partial charge in [-0.05, 0) is 19.1 Å². The molecule has 4 nitrogen and oxygen atoms in total. The number of anilines is 1. The number of hydrogen-bond donors (Lipinski definition) is 1. The lowest BCUT2D eigenvalue weighted by atomic mass is 10.2. The molecule has 0 aliphatic heterocycles. The van der Waals surface area contributed by atoms with Crippen LogP contribution >= 0.6 is 11.8 Å². The fourth-order valence-electron chi connectivity index (χ4n) is 1.37. The number of thioether (sulfide) groups is 1. The first-order valence-corrected chi connectivity index (χ1v) is 6.30. The Balaban J connectivity index is 2.48. The predicted octanol–water partition coefficient (Wildman–Crippen LogP) is 2.68. The lowest BCUT2D eigenvalue weighted by Crippen LogP contribution is -2.04. The summed E-state index contributed by atoms with van der Waals surface area (Å²) >= 11 is 1.68. The third-order valence-electron chi connectivity index (χ3n) is 2.15. The molecule has 1 N–H and O–H groups in total. The second-order valence-electron chi connectivity index (χ2n) is 3.44. The van der Waals surface area contributed by atoms with E-state index in [2.05, 4.69) is 11.2 Å². The van der Waals surface area contributed by atoms with E-state index < -0.39 is 0 Å². The second kappa shape index (κ2) is 6.81. The van der Waals surface area contributed by atoms with Crippen LogP contribution in [0.5, 0.6) is 0 Å². The molecule has 0 heterocycles. The molecule has 0 unspecified atom stereocenters. The molecule has 0 spiro atoms. The van der Waals surface area contributed by atoms with Crippen LogP contribution in [0.25, 0.3) is 0 Å². The lowest BCUT2D eigenvalue weighted by molar-refractivity contribution is -0.385. The highest BCUT2D eigenvalue weighted by atomic mass is 32.2. The van der Waals surface area contributed by atoms with E-state index >= 15 is 0 Å². The van der Waals surface area contributed by atoms with E-state index in [4.69, 9.17) is 6.42 Å². The second-order valence-corrected chi connectivity index (χ2v) is 4.55. The van der Waals surface area contributed by atoms with Gasteiger partial charge in [0.2, 0.25) is 0 Å². The van der Waals surface area contributed by atoms with Crippen molar-refractivity contribution in [3.05, 3.63) is 33.9 Å². The number of nitrogens with one attached hydrogen (secondary N) is 1. The minimum atomic E-state index is -0.373. The number of nitrogens with zero attached hydrogens (tertiary/aromatic N) is 1. The zero-order valence-electron chi connectivity index (χ0n) is 9.60. The summed E-state index contributed by atoms with van der Waals surface area (Å²) in [4.78, 5) is 10.3. The molecule has 0 aliphatic rings. The van der Waals surface area contributed by atoms with Crippen molar-refractivity contribution in [2.45, 2.75) is 6.92 Å². The molecule has 90 valence electrons. The molecule has 0 aliphatic carbocycles. The molecule has 0 amide bonds. The number of nitro benzene ring substituents is 1. The van der Waals surface area contributed by atoms with E-state index in [1.54, 1.807) is 30.8 Å². The summed E-state index contributed by atoms with van der Waals surface area (Å²) in [5.41, 5.74) is 1.71. The largest absolute Gasteiger partial charge is 0.384 e. The maximum atomic E-state index is 10.6. The standard InChI is InChI=1S/C12H14N2O2S/c1-3-7-17-8-6-13-11-4-5-12(14(15)16)10(2)9-11/h1,4-5,9,13H,6-8H2,2H3. The summed E-state index contributed by atoms with van der Waals surface area (Å²) in [6, 6.07) is 5.02. The molecule has 17 heavy (non-hydrogen) atoms. The topological polar surface area (TPSA) is 55.2 Å². The minimum Gasteiger partial charge on any atom is -0.384 e. The molecule has 0 fully saturated rings. The van der Waals surface area contributed by atoms with Gasteiger partial charge in [0.25, 0.3) is 5.69 Å². The Morgan fingerprint density at radius 1 is 1.59 bits per heavy atom. The first kappa shape index (κ1) is 13.4. The zero-order valence-corrected chi connectivity index (χ0v) is 10.4. The molecule has 0 aromatic heterocycles. The Hall–Kier alpha value is -1.67. The Morgan fingerprint density at radius 3 is 2.94 bits per heavy atom. The fourth-order valence-corrected chi connectivity index (χ4v) is 1.88. The molecule has 1 aromatic carbocycles. The smallest absolute Gasteiger partial charge is 0.272 e. The molecule has 1 aromatic rings. The maximum Gasteiger partial charge on any atom is 0.272 e. The monoisotopic (exact) mass is 250 g/mol. The number of nitro groups is 1. The average molecular weight is 250 g/mol. The van der Waals surface area contributed by atoms with Gasteiger partial charge in [0.1, 0.15) is 0 Å². The zero-order chi connectivity index (χ0) is 12.7. The van der Waals surface area contributed by atoms with Crippen LogP contribution in [0.15, 0.2) is 18.2 Å². The van der Waals surface area contributed by atoms with Crippen LogP contribution in [-0.2, 0) is 0 Å². The predicted molar refractivity (Wildman–Crippen MR) is 72.5 cm³/mol.